The first-order valence-corrected chi connectivity index (χ1v) is 8.25. The molecule has 2 nitrogen and oxygen atoms in total. The zero-order chi connectivity index (χ0) is 15.7. The number of ether oxygens (including phenoxy) is 1. The monoisotopic (exact) mass is 289 g/mol. The largest absolute Gasteiger partial charge is 0.491 e. The molecule has 0 heterocycles. The molecular formula is C19H31NO. The Hall–Kier alpha value is -1.44. The molecule has 0 saturated heterocycles. The second-order valence-electron chi connectivity index (χ2n) is 5.96. The average molecular weight is 289 g/mol. The summed E-state index contributed by atoms with van der Waals surface area (Å²) >= 11 is 0. The minimum atomic E-state index is 0.220. The van der Waals surface area contributed by atoms with Gasteiger partial charge in [-0.2, -0.15) is 0 Å². The maximum Gasteiger partial charge on any atom is 0.119 e. The molecule has 0 saturated carbocycles. The van der Waals surface area contributed by atoms with Gasteiger partial charge >= 0.3 is 0 Å². The lowest BCUT2D eigenvalue weighted by Crippen LogP contribution is -2.19. The Labute approximate surface area is 130 Å². The van der Waals surface area contributed by atoms with Crippen LogP contribution in [0, 0.1) is 5.92 Å². The van der Waals surface area contributed by atoms with Crippen LogP contribution >= 0.6 is 0 Å². The van der Waals surface area contributed by atoms with Crippen LogP contribution in [0.15, 0.2) is 36.5 Å². The highest BCUT2D eigenvalue weighted by Crippen LogP contribution is 2.20. The van der Waals surface area contributed by atoms with Crippen LogP contribution in [0.1, 0.15) is 58.9 Å². The molecule has 118 valence electrons. The van der Waals surface area contributed by atoms with Gasteiger partial charge in [0.1, 0.15) is 5.75 Å². The van der Waals surface area contributed by atoms with Crippen molar-refractivity contribution >= 4 is 0 Å². The smallest absolute Gasteiger partial charge is 0.119 e. The van der Waals surface area contributed by atoms with E-state index in [1.807, 2.05) is 26.0 Å². The average Bonchev–Trinajstić information content (AvgIpc) is 2.45. The Bertz CT molecular complexity index is 402. The molecule has 0 aromatic heterocycles. The van der Waals surface area contributed by atoms with Crippen LogP contribution in [-0.2, 0) is 6.54 Å². The molecule has 1 rings (SSSR count). The van der Waals surface area contributed by atoms with E-state index >= 15 is 0 Å². The Balaban J connectivity index is 2.48. The first-order valence-electron chi connectivity index (χ1n) is 8.25. The van der Waals surface area contributed by atoms with Gasteiger partial charge in [0.25, 0.3) is 0 Å². The van der Waals surface area contributed by atoms with Crippen molar-refractivity contribution in [2.24, 2.45) is 5.92 Å². The second kappa shape index (κ2) is 9.49. The summed E-state index contributed by atoms with van der Waals surface area (Å²) in [5, 5.41) is 3.49. The van der Waals surface area contributed by atoms with Crippen molar-refractivity contribution < 1.29 is 4.74 Å². The van der Waals surface area contributed by atoms with Crippen LogP contribution in [0.5, 0.6) is 5.75 Å². The van der Waals surface area contributed by atoms with Crippen LogP contribution in [-0.4, -0.2) is 6.10 Å². The highest BCUT2D eigenvalue weighted by Gasteiger charge is 2.10. The van der Waals surface area contributed by atoms with Gasteiger partial charge in [-0.25, -0.2) is 0 Å². The number of allylic oxidation sites excluding steroid dienone is 1. The summed E-state index contributed by atoms with van der Waals surface area (Å²) in [5.41, 5.74) is 2.44. The van der Waals surface area contributed by atoms with E-state index in [1.165, 1.54) is 36.9 Å². The first kappa shape index (κ1) is 17.6. The van der Waals surface area contributed by atoms with Crippen molar-refractivity contribution in [2.75, 3.05) is 0 Å². The number of nitrogens with one attached hydrogen (secondary N) is 1. The van der Waals surface area contributed by atoms with E-state index in [1.54, 1.807) is 0 Å². The third-order valence-corrected chi connectivity index (χ3v) is 3.58. The van der Waals surface area contributed by atoms with Gasteiger partial charge in [0, 0.05) is 12.2 Å². The van der Waals surface area contributed by atoms with Crippen molar-refractivity contribution in [3.05, 3.63) is 42.1 Å². The molecule has 0 aliphatic carbocycles. The topological polar surface area (TPSA) is 21.3 Å². The number of benzene rings is 1. The SMILES string of the molecule is C=C(NCc1ccc(OC(C)C)cc1)C(CCC)CCC. The molecule has 0 aliphatic rings. The Kier molecular flexibility index (Phi) is 7.96. The molecule has 0 atom stereocenters. The quantitative estimate of drug-likeness (QED) is 0.631. The Morgan fingerprint density at radius 3 is 2.14 bits per heavy atom. The summed E-state index contributed by atoms with van der Waals surface area (Å²) in [5.74, 6) is 1.53. The second-order valence-corrected chi connectivity index (χ2v) is 5.96. The maximum atomic E-state index is 5.66. The van der Waals surface area contributed by atoms with Crippen LogP contribution in [0.25, 0.3) is 0 Å². The highest BCUT2D eigenvalue weighted by atomic mass is 16.5. The summed E-state index contributed by atoms with van der Waals surface area (Å²) in [4.78, 5) is 0. The molecule has 0 bridgehead atoms. The molecule has 0 spiro atoms. The number of hydrogen-bond acceptors (Lipinski definition) is 2. The molecule has 0 aliphatic heterocycles. The molecule has 21 heavy (non-hydrogen) atoms. The third kappa shape index (κ3) is 6.70. The molecular weight excluding hydrogens is 258 g/mol. The molecule has 0 unspecified atom stereocenters. The number of hydrogen-bond donors (Lipinski definition) is 1. The zero-order valence-corrected chi connectivity index (χ0v) is 14.1. The minimum absolute atomic E-state index is 0.220. The standard InChI is InChI=1S/C19H31NO/c1-6-8-18(9-7-2)16(5)20-14-17-10-12-19(13-11-17)21-15(3)4/h10-13,15,18,20H,5-9,14H2,1-4H3. The van der Waals surface area contributed by atoms with Gasteiger partial charge in [-0.15, -0.1) is 0 Å². The highest BCUT2D eigenvalue weighted by molar-refractivity contribution is 5.27. The summed E-state index contributed by atoms with van der Waals surface area (Å²) < 4.78 is 5.66. The van der Waals surface area contributed by atoms with Gasteiger partial charge in [0.2, 0.25) is 0 Å². The van der Waals surface area contributed by atoms with Gasteiger partial charge in [-0.1, -0.05) is 45.4 Å². The van der Waals surface area contributed by atoms with Crippen molar-refractivity contribution in [2.45, 2.75) is 66.0 Å². The van der Waals surface area contributed by atoms with Crippen LogP contribution in [0.4, 0.5) is 0 Å². The van der Waals surface area contributed by atoms with Crippen LogP contribution < -0.4 is 10.1 Å². The van der Waals surface area contributed by atoms with Crippen molar-refractivity contribution in [1.29, 1.82) is 0 Å². The summed E-state index contributed by atoms with van der Waals surface area (Å²) in [6.07, 6.45) is 5.10. The summed E-state index contributed by atoms with van der Waals surface area (Å²) in [6.45, 7) is 13.6. The normalized spacial score (nSPS) is 11.0. The van der Waals surface area contributed by atoms with E-state index in [9.17, 15) is 0 Å². The fourth-order valence-corrected chi connectivity index (χ4v) is 2.51. The molecule has 1 aromatic rings. The van der Waals surface area contributed by atoms with E-state index in [0.29, 0.717) is 5.92 Å². The maximum absolute atomic E-state index is 5.66. The van der Waals surface area contributed by atoms with Gasteiger partial charge in [-0.3, -0.25) is 0 Å². The molecule has 0 amide bonds. The van der Waals surface area contributed by atoms with E-state index in [4.69, 9.17) is 4.74 Å². The predicted molar refractivity (Wildman–Crippen MR) is 91.5 cm³/mol. The van der Waals surface area contributed by atoms with E-state index in [-0.39, 0.29) is 6.10 Å². The lowest BCUT2D eigenvalue weighted by Gasteiger charge is -2.20. The lowest BCUT2D eigenvalue weighted by atomic mass is 9.95. The predicted octanol–water partition coefficient (Wildman–Crippen LogP) is 5.29. The molecule has 1 N–H and O–H groups in total. The zero-order valence-electron chi connectivity index (χ0n) is 14.1. The van der Waals surface area contributed by atoms with E-state index < -0.39 is 0 Å². The molecule has 0 fully saturated rings. The van der Waals surface area contributed by atoms with Gasteiger partial charge in [0.15, 0.2) is 0 Å². The fourth-order valence-electron chi connectivity index (χ4n) is 2.51. The molecule has 2 heteroatoms. The van der Waals surface area contributed by atoms with Crippen LogP contribution in [0.2, 0.25) is 0 Å². The molecule has 0 radical (unpaired) electrons. The van der Waals surface area contributed by atoms with Crippen molar-refractivity contribution in [1.82, 2.24) is 5.32 Å². The third-order valence-electron chi connectivity index (χ3n) is 3.58. The fraction of sp³-hybridized carbons (Fsp3) is 0.579. The molecule has 1 aromatic carbocycles. The Morgan fingerprint density at radius 1 is 1.10 bits per heavy atom. The lowest BCUT2D eigenvalue weighted by molar-refractivity contribution is 0.242. The minimum Gasteiger partial charge on any atom is -0.491 e. The van der Waals surface area contributed by atoms with Crippen molar-refractivity contribution in [3.8, 4) is 5.75 Å². The van der Waals surface area contributed by atoms with Gasteiger partial charge in [0.05, 0.1) is 6.10 Å². The first-order chi connectivity index (χ1) is 10.1. The Morgan fingerprint density at radius 2 is 1.67 bits per heavy atom. The van der Waals surface area contributed by atoms with Gasteiger partial charge < -0.3 is 10.1 Å². The van der Waals surface area contributed by atoms with E-state index in [2.05, 4.69) is 37.9 Å². The number of rotatable bonds is 10. The van der Waals surface area contributed by atoms with Gasteiger partial charge in [-0.05, 0) is 50.3 Å². The van der Waals surface area contributed by atoms with Crippen molar-refractivity contribution in [3.63, 3.8) is 0 Å². The van der Waals surface area contributed by atoms with Crippen LogP contribution in [0.3, 0.4) is 0 Å². The summed E-state index contributed by atoms with van der Waals surface area (Å²) in [7, 11) is 0. The summed E-state index contributed by atoms with van der Waals surface area (Å²) in [6, 6.07) is 8.31. The van der Waals surface area contributed by atoms with E-state index in [0.717, 1.165) is 12.3 Å².